The number of fused-ring (bicyclic) bond motifs is 2. The van der Waals surface area contributed by atoms with Crippen LogP contribution in [0, 0.1) is 13.8 Å². The predicted molar refractivity (Wildman–Crippen MR) is 118 cm³/mol. The van der Waals surface area contributed by atoms with Crippen LogP contribution in [0.25, 0.3) is 33.5 Å². The van der Waals surface area contributed by atoms with E-state index in [0.717, 1.165) is 65.1 Å². The number of hydrogen-bond acceptors (Lipinski definition) is 7. The van der Waals surface area contributed by atoms with Gasteiger partial charge in [0, 0.05) is 54.0 Å². The van der Waals surface area contributed by atoms with Crippen LogP contribution in [0.5, 0.6) is 5.75 Å². The van der Waals surface area contributed by atoms with Crippen LogP contribution >= 0.6 is 22.9 Å². The highest BCUT2D eigenvalue weighted by Gasteiger charge is 2.22. The number of nitrogens with zero attached hydrogens (tertiary/aromatic N) is 6. The molecule has 4 aromatic rings. The van der Waals surface area contributed by atoms with E-state index in [9.17, 15) is 0 Å². The molecule has 9 heteroatoms. The van der Waals surface area contributed by atoms with Gasteiger partial charge in [0.25, 0.3) is 0 Å². The highest BCUT2D eigenvalue weighted by molar-refractivity contribution is 14.1. The number of methoxy groups -OCH3 is 1. The van der Waals surface area contributed by atoms with Gasteiger partial charge in [-0.3, -0.25) is 0 Å². The minimum absolute atomic E-state index is 0.323. The Bertz CT molecular complexity index is 1210. The summed E-state index contributed by atoms with van der Waals surface area (Å²) in [6, 6.07) is 6.19. The minimum Gasteiger partial charge on any atom is -0.496 e. The van der Waals surface area contributed by atoms with E-state index in [0.29, 0.717) is 17.6 Å². The third-order valence-corrected chi connectivity index (χ3v) is 6.42. The molecule has 0 spiro atoms. The normalized spacial score (nSPS) is 16.1. The number of rotatable bonds is 3. The molecule has 1 fully saturated rings. The molecule has 0 unspecified atom stereocenters. The topological polar surface area (TPSA) is 82.1 Å². The Hall–Kier alpha value is -2.27. The first-order valence-corrected chi connectivity index (χ1v) is 10.6. The molecule has 3 aromatic heterocycles. The van der Waals surface area contributed by atoms with Crippen LogP contribution in [0.15, 0.2) is 22.6 Å². The van der Waals surface area contributed by atoms with Crippen molar-refractivity contribution in [3.63, 3.8) is 0 Å². The van der Waals surface area contributed by atoms with Crippen LogP contribution in [0.4, 0.5) is 0 Å². The molecule has 0 saturated carbocycles. The van der Waals surface area contributed by atoms with E-state index in [-0.39, 0.29) is 0 Å². The minimum atomic E-state index is 0.323. The zero-order chi connectivity index (χ0) is 20.1. The molecular weight excluding hydrogens is 483 g/mol. The van der Waals surface area contributed by atoms with Crippen molar-refractivity contribution in [2.45, 2.75) is 32.7 Å². The monoisotopic (exact) mass is 504 g/mol. The van der Waals surface area contributed by atoms with E-state index in [1.165, 1.54) is 0 Å². The predicted octanol–water partition coefficient (Wildman–Crippen LogP) is 4.25. The maximum atomic E-state index is 5.76. The molecule has 1 aromatic carbocycles. The van der Waals surface area contributed by atoms with E-state index in [1.54, 1.807) is 7.11 Å². The third-order valence-electron chi connectivity index (χ3n) is 5.45. The molecule has 0 N–H and O–H groups in total. The number of aromatic nitrogens is 5. The molecule has 1 aliphatic rings. The van der Waals surface area contributed by atoms with Crippen LogP contribution in [0.1, 0.15) is 30.3 Å². The summed E-state index contributed by atoms with van der Waals surface area (Å²) in [4.78, 5) is 11.1. The Morgan fingerprint density at radius 2 is 1.93 bits per heavy atom. The van der Waals surface area contributed by atoms with Crippen LogP contribution in [-0.2, 0) is 0 Å². The van der Waals surface area contributed by atoms with Gasteiger partial charge in [0.05, 0.1) is 18.8 Å². The molecule has 29 heavy (non-hydrogen) atoms. The van der Waals surface area contributed by atoms with Crippen LogP contribution in [0.2, 0.25) is 0 Å². The SMILES string of the molecule is COc1c(-c2ccc3nn(C4CCN(I)CC4)nc3n2)cc2oc(C)nc2c1C. The fraction of sp³-hybridized carbons (Fsp3) is 0.400. The average Bonchev–Trinajstić information content (AvgIpc) is 3.30. The zero-order valence-electron chi connectivity index (χ0n) is 16.5. The summed E-state index contributed by atoms with van der Waals surface area (Å²) in [7, 11) is 1.67. The molecule has 8 nitrogen and oxygen atoms in total. The molecule has 0 aliphatic carbocycles. The van der Waals surface area contributed by atoms with Crippen molar-refractivity contribution in [2.24, 2.45) is 0 Å². The molecule has 0 radical (unpaired) electrons. The molecule has 150 valence electrons. The van der Waals surface area contributed by atoms with Gasteiger partial charge in [0.2, 0.25) is 5.65 Å². The number of aryl methyl sites for hydroxylation is 2. The lowest BCUT2D eigenvalue weighted by Gasteiger charge is -2.26. The zero-order valence-corrected chi connectivity index (χ0v) is 18.7. The fourth-order valence-electron chi connectivity index (χ4n) is 3.97. The second kappa shape index (κ2) is 7.21. The Labute approximate surface area is 181 Å². The highest BCUT2D eigenvalue weighted by atomic mass is 127. The first-order chi connectivity index (χ1) is 14.0. The molecule has 0 atom stereocenters. The van der Waals surface area contributed by atoms with Gasteiger partial charge in [-0.15, -0.1) is 5.10 Å². The molecule has 0 bridgehead atoms. The molecule has 1 saturated heterocycles. The van der Waals surface area contributed by atoms with Gasteiger partial charge in [0.15, 0.2) is 11.5 Å². The lowest BCUT2D eigenvalue weighted by Crippen LogP contribution is -2.28. The van der Waals surface area contributed by atoms with Gasteiger partial charge in [-0.2, -0.15) is 9.90 Å². The van der Waals surface area contributed by atoms with Crippen molar-refractivity contribution >= 4 is 45.1 Å². The third kappa shape index (κ3) is 3.25. The standard InChI is InChI=1S/C20H21IN6O2/c1-11-18-17(29-12(2)22-18)10-14(19(11)28-3)15-4-5-16-20(23-15)25-27(24-16)13-6-8-26(21)9-7-13/h4-5,10,13H,6-9H2,1-3H3. The largest absolute Gasteiger partial charge is 0.496 e. The Kier molecular flexibility index (Phi) is 4.66. The van der Waals surface area contributed by atoms with Gasteiger partial charge >= 0.3 is 0 Å². The van der Waals surface area contributed by atoms with Crippen LogP contribution in [0.3, 0.4) is 0 Å². The van der Waals surface area contributed by atoms with Gasteiger partial charge in [-0.05, 0) is 38.0 Å². The summed E-state index contributed by atoms with van der Waals surface area (Å²) in [6.07, 6.45) is 2.09. The average molecular weight is 504 g/mol. The van der Waals surface area contributed by atoms with Crippen LogP contribution < -0.4 is 4.74 Å². The van der Waals surface area contributed by atoms with E-state index < -0.39 is 0 Å². The Balaban J connectivity index is 1.58. The van der Waals surface area contributed by atoms with Gasteiger partial charge in [0.1, 0.15) is 16.8 Å². The number of hydrogen-bond donors (Lipinski definition) is 0. The summed E-state index contributed by atoms with van der Waals surface area (Å²) < 4.78 is 13.8. The fourth-order valence-corrected chi connectivity index (χ4v) is 4.53. The number of piperidine rings is 1. The second-order valence-electron chi connectivity index (χ2n) is 7.36. The van der Waals surface area contributed by atoms with Crippen molar-refractivity contribution in [1.29, 1.82) is 0 Å². The number of ether oxygens (including phenoxy) is 1. The smallest absolute Gasteiger partial charge is 0.202 e. The molecular formula is C20H21IN6O2. The molecule has 1 aliphatic heterocycles. The summed E-state index contributed by atoms with van der Waals surface area (Å²) in [5.41, 5.74) is 5.58. The lowest BCUT2D eigenvalue weighted by atomic mass is 10.0. The lowest BCUT2D eigenvalue weighted by molar-refractivity contribution is 0.271. The number of halogens is 1. The van der Waals surface area contributed by atoms with Crippen molar-refractivity contribution < 1.29 is 9.15 Å². The summed E-state index contributed by atoms with van der Waals surface area (Å²) >= 11 is 2.37. The Morgan fingerprint density at radius 1 is 1.14 bits per heavy atom. The first-order valence-electron chi connectivity index (χ1n) is 9.63. The van der Waals surface area contributed by atoms with Gasteiger partial charge in [-0.1, -0.05) is 0 Å². The van der Waals surface area contributed by atoms with E-state index in [1.807, 2.05) is 36.8 Å². The Morgan fingerprint density at radius 3 is 2.69 bits per heavy atom. The van der Waals surface area contributed by atoms with Crippen LogP contribution in [-0.4, -0.2) is 48.3 Å². The number of oxazole rings is 1. The van der Waals surface area contributed by atoms with Crippen molar-refractivity contribution in [1.82, 2.24) is 28.1 Å². The van der Waals surface area contributed by atoms with Crippen molar-refractivity contribution in [3.05, 3.63) is 29.7 Å². The highest BCUT2D eigenvalue weighted by Crippen LogP contribution is 2.37. The van der Waals surface area contributed by atoms with E-state index in [2.05, 4.69) is 41.2 Å². The van der Waals surface area contributed by atoms with Gasteiger partial charge in [-0.25, -0.2) is 13.1 Å². The quantitative estimate of drug-likeness (QED) is 0.305. The summed E-state index contributed by atoms with van der Waals surface area (Å²) in [6.45, 7) is 5.93. The van der Waals surface area contributed by atoms with E-state index >= 15 is 0 Å². The molecule has 0 amide bonds. The maximum absolute atomic E-state index is 5.76. The second-order valence-corrected chi connectivity index (χ2v) is 8.73. The van der Waals surface area contributed by atoms with Gasteiger partial charge < -0.3 is 9.15 Å². The molecule has 5 rings (SSSR count). The summed E-state index contributed by atoms with van der Waals surface area (Å²) in [5.74, 6) is 1.38. The molecule has 4 heterocycles. The van der Waals surface area contributed by atoms with Crippen molar-refractivity contribution in [2.75, 3.05) is 20.2 Å². The summed E-state index contributed by atoms with van der Waals surface area (Å²) in [5, 5.41) is 9.36. The first kappa shape index (κ1) is 18.7. The number of benzene rings is 1. The maximum Gasteiger partial charge on any atom is 0.202 e. The van der Waals surface area contributed by atoms with E-state index in [4.69, 9.17) is 14.1 Å². The van der Waals surface area contributed by atoms with Crippen molar-refractivity contribution in [3.8, 4) is 17.0 Å². The number of pyridine rings is 1.